The Labute approximate surface area is 241 Å². The van der Waals surface area contributed by atoms with E-state index in [1.165, 1.54) is 6.33 Å². The average molecular weight is 568 g/mol. The summed E-state index contributed by atoms with van der Waals surface area (Å²) < 4.78 is 23.0. The summed E-state index contributed by atoms with van der Waals surface area (Å²) in [5.74, 6) is 1.03. The lowest BCUT2D eigenvalue weighted by atomic mass is 10.0. The highest BCUT2D eigenvalue weighted by Gasteiger charge is 2.34. The maximum absolute atomic E-state index is 15.5. The van der Waals surface area contributed by atoms with Gasteiger partial charge in [0.15, 0.2) is 11.6 Å². The number of hydrogen-bond donors (Lipinski definition) is 1. The molecule has 6 rings (SSSR count). The first-order valence-electron chi connectivity index (χ1n) is 13.5. The third-order valence-electron chi connectivity index (χ3n) is 7.35. The van der Waals surface area contributed by atoms with Crippen LogP contribution < -0.4 is 15.0 Å². The number of fused-ring (bicyclic) bond motifs is 2. The summed E-state index contributed by atoms with van der Waals surface area (Å²) in [4.78, 5) is 30.2. The summed E-state index contributed by atoms with van der Waals surface area (Å²) >= 11 is 0. The normalized spacial score (nSPS) is 16.4. The summed E-state index contributed by atoms with van der Waals surface area (Å²) in [7, 11) is 5.73. The number of ether oxygens (including phenoxy) is 1. The van der Waals surface area contributed by atoms with Crippen molar-refractivity contribution in [2.75, 3.05) is 37.4 Å². The molecule has 4 heterocycles. The van der Waals surface area contributed by atoms with Crippen LogP contribution in [0.3, 0.4) is 0 Å². The van der Waals surface area contributed by atoms with Gasteiger partial charge < -0.3 is 15.0 Å². The van der Waals surface area contributed by atoms with E-state index in [9.17, 15) is 4.79 Å². The number of carbonyl (C=O) groups excluding carboxylic acids is 1. The van der Waals surface area contributed by atoms with Gasteiger partial charge in [0, 0.05) is 54.3 Å². The third kappa shape index (κ3) is 5.00. The van der Waals surface area contributed by atoms with Crippen LogP contribution in [0.1, 0.15) is 12.5 Å². The first kappa shape index (κ1) is 27.2. The van der Waals surface area contributed by atoms with Crippen LogP contribution in [0, 0.1) is 18.7 Å². The average Bonchev–Trinajstić information content (AvgIpc) is 3.48. The molecular weight excluding hydrogens is 537 g/mol. The van der Waals surface area contributed by atoms with E-state index in [1.54, 1.807) is 60.1 Å². The third-order valence-corrected chi connectivity index (χ3v) is 7.35. The second-order valence-corrected chi connectivity index (χ2v) is 10.7. The van der Waals surface area contributed by atoms with Crippen LogP contribution in [0.15, 0.2) is 60.6 Å². The van der Waals surface area contributed by atoms with Crippen molar-refractivity contribution >= 4 is 45.2 Å². The summed E-state index contributed by atoms with van der Waals surface area (Å²) in [6, 6.07) is 10.4. The standard InChI is InChI=1S/C30H30FN9O2/c1-17-15-40(30(41)20(17)10-11-38(3)4)27-13-21-24(14-32-27)33-16-34-29(21)35-22-7-9-26(28(31)18(22)2)42-19-6-8-25-23(12-19)36-37-39(25)5/h6-10,12-14,16-17H,11,15H2,1-5H3,(H,33,34,35)/b20-10+. The number of pyridine rings is 1. The van der Waals surface area contributed by atoms with Gasteiger partial charge in [-0.25, -0.2) is 24.0 Å². The predicted molar refractivity (Wildman–Crippen MR) is 158 cm³/mol. The molecule has 0 aliphatic carbocycles. The van der Waals surface area contributed by atoms with Gasteiger partial charge in [-0.15, -0.1) is 5.10 Å². The molecule has 1 atom stereocenters. The number of rotatable bonds is 7. The van der Waals surface area contributed by atoms with E-state index in [0.29, 0.717) is 58.1 Å². The molecule has 2 aromatic carbocycles. The molecule has 1 amide bonds. The van der Waals surface area contributed by atoms with Crippen LogP contribution in [0.5, 0.6) is 11.5 Å². The van der Waals surface area contributed by atoms with Crippen molar-refractivity contribution in [1.82, 2.24) is 34.8 Å². The Bertz CT molecular complexity index is 1870. The molecule has 1 aliphatic rings. The van der Waals surface area contributed by atoms with E-state index in [0.717, 1.165) is 11.1 Å². The van der Waals surface area contributed by atoms with Gasteiger partial charge >= 0.3 is 0 Å². The highest BCUT2D eigenvalue weighted by molar-refractivity contribution is 6.09. The molecule has 0 saturated carbocycles. The first-order chi connectivity index (χ1) is 20.2. The lowest BCUT2D eigenvalue weighted by Crippen LogP contribution is -2.26. The topological polar surface area (TPSA) is 114 Å². The summed E-state index contributed by atoms with van der Waals surface area (Å²) in [6.45, 7) is 4.92. The Hall–Kier alpha value is -4.97. The van der Waals surface area contributed by atoms with Crippen molar-refractivity contribution in [2.45, 2.75) is 13.8 Å². The van der Waals surface area contributed by atoms with Crippen LogP contribution in [-0.2, 0) is 11.8 Å². The number of hydrogen-bond acceptors (Lipinski definition) is 9. The number of anilines is 3. The van der Waals surface area contributed by atoms with Gasteiger partial charge in [-0.3, -0.25) is 9.69 Å². The SMILES string of the molecule is Cc1c(Nc2ncnc3cnc(N4CC(C)/C(=C\CN(C)C)C4=O)cc23)ccc(Oc2ccc3c(c2)nnn3C)c1F. The molecule has 12 heteroatoms. The van der Waals surface area contributed by atoms with Gasteiger partial charge in [0.2, 0.25) is 0 Å². The number of nitrogens with one attached hydrogen (secondary N) is 1. The predicted octanol–water partition coefficient (Wildman–Crippen LogP) is 4.76. The Morgan fingerprint density at radius 1 is 1.14 bits per heavy atom. The molecule has 1 saturated heterocycles. The van der Waals surface area contributed by atoms with Crippen LogP contribution in [0.25, 0.3) is 21.9 Å². The zero-order valence-corrected chi connectivity index (χ0v) is 24.0. The Kier molecular flexibility index (Phi) is 6.99. The van der Waals surface area contributed by atoms with Crippen LogP contribution in [0.2, 0.25) is 0 Å². The fraction of sp³-hybridized carbons (Fsp3) is 0.267. The fourth-order valence-electron chi connectivity index (χ4n) is 5.00. The van der Waals surface area contributed by atoms with Crippen LogP contribution in [-0.4, -0.2) is 67.9 Å². The zero-order chi connectivity index (χ0) is 29.5. The minimum absolute atomic E-state index is 0.0606. The van der Waals surface area contributed by atoms with Gasteiger partial charge in [0.05, 0.1) is 17.2 Å². The van der Waals surface area contributed by atoms with Crippen molar-refractivity contribution in [1.29, 1.82) is 0 Å². The smallest absolute Gasteiger partial charge is 0.255 e. The number of benzene rings is 2. The molecule has 1 fully saturated rings. The van der Waals surface area contributed by atoms with Crippen molar-refractivity contribution in [3.63, 3.8) is 0 Å². The summed E-state index contributed by atoms with van der Waals surface area (Å²) in [6.07, 6.45) is 5.02. The second-order valence-electron chi connectivity index (χ2n) is 10.7. The summed E-state index contributed by atoms with van der Waals surface area (Å²) in [5, 5.41) is 12.0. The molecule has 1 aliphatic heterocycles. The number of likely N-dealkylation sites (N-methyl/N-ethyl adjacent to an activating group) is 1. The quantitative estimate of drug-likeness (QED) is 0.278. The van der Waals surface area contributed by atoms with E-state index in [-0.39, 0.29) is 17.6 Å². The number of amides is 1. The van der Waals surface area contributed by atoms with Gasteiger partial charge in [-0.2, -0.15) is 0 Å². The molecule has 0 radical (unpaired) electrons. The molecule has 5 aromatic rings. The van der Waals surface area contributed by atoms with Crippen molar-refractivity contribution < 1.29 is 13.9 Å². The molecular formula is C30H30FN9O2. The van der Waals surface area contributed by atoms with E-state index in [1.807, 2.05) is 38.1 Å². The number of aryl methyl sites for hydroxylation is 1. The number of aromatic nitrogens is 6. The van der Waals surface area contributed by atoms with E-state index in [2.05, 4.69) is 30.6 Å². The number of carbonyl (C=O) groups is 1. The van der Waals surface area contributed by atoms with Crippen molar-refractivity contribution in [3.05, 3.63) is 72.0 Å². The van der Waals surface area contributed by atoms with Crippen LogP contribution in [0.4, 0.5) is 21.7 Å². The molecule has 3 aromatic heterocycles. The Morgan fingerprint density at radius 2 is 1.98 bits per heavy atom. The lowest BCUT2D eigenvalue weighted by Gasteiger charge is -2.17. The monoisotopic (exact) mass is 567 g/mol. The molecule has 1 N–H and O–H groups in total. The first-order valence-corrected chi connectivity index (χ1v) is 13.5. The van der Waals surface area contributed by atoms with Crippen molar-refractivity contribution in [3.8, 4) is 11.5 Å². The van der Waals surface area contributed by atoms with Gasteiger partial charge in [0.1, 0.15) is 29.2 Å². The Morgan fingerprint density at radius 3 is 2.79 bits per heavy atom. The highest BCUT2D eigenvalue weighted by atomic mass is 19.1. The maximum Gasteiger partial charge on any atom is 0.255 e. The summed E-state index contributed by atoms with van der Waals surface area (Å²) in [5.41, 5.74) is 3.74. The van der Waals surface area contributed by atoms with Crippen molar-refractivity contribution in [2.24, 2.45) is 13.0 Å². The van der Waals surface area contributed by atoms with E-state index >= 15 is 4.39 Å². The van der Waals surface area contributed by atoms with E-state index in [4.69, 9.17) is 4.74 Å². The molecule has 1 unspecified atom stereocenters. The maximum atomic E-state index is 15.5. The molecule has 0 bridgehead atoms. The molecule has 11 nitrogen and oxygen atoms in total. The lowest BCUT2D eigenvalue weighted by molar-refractivity contribution is -0.114. The minimum atomic E-state index is -0.506. The van der Waals surface area contributed by atoms with Gasteiger partial charge in [-0.05, 0) is 51.4 Å². The fourth-order valence-corrected chi connectivity index (χ4v) is 5.00. The number of nitrogens with zero attached hydrogens (tertiary/aromatic N) is 8. The number of halogens is 1. The van der Waals surface area contributed by atoms with E-state index < -0.39 is 5.82 Å². The Balaban J connectivity index is 1.27. The molecule has 214 valence electrons. The van der Waals surface area contributed by atoms with Gasteiger partial charge in [-0.1, -0.05) is 18.2 Å². The van der Waals surface area contributed by atoms with Gasteiger partial charge in [0.25, 0.3) is 5.91 Å². The minimum Gasteiger partial charge on any atom is -0.454 e. The molecule has 42 heavy (non-hydrogen) atoms. The molecule has 0 spiro atoms. The highest BCUT2D eigenvalue weighted by Crippen LogP contribution is 2.35. The van der Waals surface area contributed by atoms with Crippen LogP contribution >= 0.6 is 0 Å². The zero-order valence-electron chi connectivity index (χ0n) is 24.0. The second kappa shape index (κ2) is 10.8. The largest absolute Gasteiger partial charge is 0.454 e.